The first kappa shape index (κ1) is 10.3. The molecule has 1 atom stereocenters. The van der Waals surface area contributed by atoms with E-state index < -0.39 is 11.9 Å². The average Bonchev–Trinajstić information content (AvgIpc) is 2.85. The molecule has 0 fully saturated rings. The van der Waals surface area contributed by atoms with Crippen molar-refractivity contribution < 1.29 is 14.3 Å². The van der Waals surface area contributed by atoms with Crippen molar-refractivity contribution in [3.8, 4) is 11.4 Å². The van der Waals surface area contributed by atoms with E-state index in [2.05, 4.69) is 15.5 Å². The SMILES string of the molecule is CC(Cn1nnnc1-c1ccoc1)C(=O)O. The standard InChI is InChI=1S/C9H10N4O3/c1-6(9(14)15)4-13-8(10-11-12-13)7-2-3-16-5-7/h2-3,5-6H,4H2,1H3,(H,14,15). The van der Waals surface area contributed by atoms with E-state index in [0.717, 1.165) is 5.56 Å². The first-order valence-corrected chi connectivity index (χ1v) is 4.70. The van der Waals surface area contributed by atoms with Crippen LogP contribution in [-0.2, 0) is 11.3 Å². The number of carboxylic acids is 1. The van der Waals surface area contributed by atoms with Crippen LogP contribution in [0.5, 0.6) is 0 Å². The first-order chi connectivity index (χ1) is 7.68. The van der Waals surface area contributed by atoms with Crippen molar-refractivity contribution in [3.05, 3.63) is 18.6 Å². The minimum absolute atomic E-state index is 0.225. The molecule has 0 aliphatic rings. The Kier molecular flexibility index (Phi) is 2.67. The Hall–Kier alpha value is -2.18. The molecule has 0 radical (unpaired) electrons. The summed E-state index contributed by atoms with van der Waals surface area (Å²) < 4.78 is 6.37. The molecule has 7 nitrogen and oxygen atoms in total. The fraction of sp³-hybridized carbons (Fsp3) is 0.333. The predicted octanol–water partition coefficient (Wildman–Crippen LogP) is 0.654. The zero-order chi connectivity index (χ0) is 11.5. The molecule has 84 valence electrons. The van der Waals surface area contributed by atoms with Crippen molar-refractivity contribution in [2.45, 2.75) is 13.5 Å². The van der Waals surface area contributed by atoms with Gasteiger partial charge in [-0.05, 0) is 16.5 Å². The molecule has 0 amide bonds. The van der Waals surface area contributed by atoms with Crippen LogP contribution in [0.4, 0.5) is 0 Å². The van der Waals surface area contributed by atoms with Crippen LogP contribution in [0, 0.1) is 5.92 Å². The molecule has 7 heteroatoms. The summed E-state index contributed by atoms with van der Waals surface area (Å²) in [5, 5.41) is 19.9. The maximum Gasteiger partial charge on any atom is 0.308 e. The first-order valence-electron chi connectivity index (χ1n) is 4.70. The highest BCUT2D eigenvalue weighted by molar-refractivity contribution is 5.69. The third-order valence-corrected chi connectivity index (χ3v) is 2.18. The van der Waals surface area contributed by atoms with Crippen molar-refractivity contribution in [2.75, 3.05) is 0 Å². The molecule has 2 aromatic heterocycles. The van der Waals surface area contributed by atoms with Gasteiger partial charge in [0.15, 0.2) is 5.82 Å². The number of hydrogen-bond acceptors (Lipinski definition) is 5. The van der Waals surface area contributed by atoms with Crippen LogP contribution in [0.1, 0.15) is 6.92 Å². The minimum atomic E-state index is -0.881. The second-order valence-corrected chi connectivity index (χ2v) is 3.44. The van der Waals surface area contributed by atoms with E-state index in [-0.39, 0.29) is 6.54 Å². The number of hydrogen-bond donors (Lipinski definition) is 1. The van der Waals surface area contributed by atoms with Crippen molar-refractivity contribution in [1.82, 2.24) is 20.2 Å². The molecule has 0 aliphatic carbocycles. The van der Waals surface area contributed by atoms with Gasteiger partial charge in [0.25, 0.3) is 0 Å². The number of nitrogens with zero attached hydrogens (tertiary/aromatic N) is 4. The fourth-order valence-electron chi connectivity index (χ4n) is 1.26. The summed E-state index contributed by atoms with van der Waals surface area (Å²) >= 11 is 0. The highest BCUT2D eigenvalue weighted by Gasteiger charge is 2.16. The highest BCUT2D eigenvalue weighted by Crippen LogP contribution is 2.16. The van der Waals surface area contributed by atoms with Crippen molar-refractivity contribution in [1.29, 1.82) is 0 Å². The van der Waals surface area contributed by atoms with Gasteiger partial charge in [-0.3, -0.25) is 4.79 Å². The average molecular weight is 222 g/mol. The normalized spacial score (nSPS) is 12.6. The van der Waals surface area contributed by atoms with Crippen LogP contribution < -0.4 is 0 Å². The third-order valence-electron chi connectivity index (χ3n) is 2.18. The quantitative estimate of drug-likeness (QED) is 0.816. The van der Waals surface area contributed by atoms with E-state index in [4.69, 9.17) is 9.52 Å². The predicted molar refractivity (Wildman–Crippen MR) is 52.3 cm³/mol. The Bertz CT molecular complexity index is 477. The number of carbonyl (C=O) groups is 1. The summed E-state index contributed by atoms with van der Waals surface area (Å²) in [6.07, 6.45) is 3.02. The van der Waals surface area contributed by atoms with E-state index in [9.17, 15) is 4.79 Å². The van der Waals surface area contributed by atoms with Gasteiger partial charge in [-0.2, -0.15) is 0 Å². The molecule has 0 aromatic carbocycles. The molecular weight excluding hydrogens is 212 g/mol. The lowest BCUT2D eigenvalue weighted by molar-refractivity contribution is -0.141. The molecule has 0 bridgehead atoms. The topological polar surface area (TPSA) is 94.0 Å². The van der Waals surface area contributed by atoms with Gasteiger partial charge >= 0.3 is 5.97 Å². The van der Waals surface area contributed by atoms with Crippen LogP contribution in [0.3, 0.4) is 0 Å². The zero-order valence-electron chi connectivity index (χ0n) is 8.57. The smallest absolute Gasteiger partial charge is 0.308 e. The molecule has 2 aromatic rings. The number of aliphatic carboxylic acids is 1. The van der Waals surface area contributed by atoms with Gasteiger partial charge in [-0.15, -0.1) is 5.10 Å². The lowest BCUT2D eigenvalue weighted by Gasteiger charge is -2.06. The van der Waals surface area contributed by atoms with Gasteiger partial charge in [0.2, 0.25) is 0 Å². The van der Waals surface area contributed by atoms with Crippen LogP contribution in [0.25, 0.3) is 11.4 Å². The second-order valence-electron chi connectivity index (χ2n) is 3.44. The Balaban J connectivity index is 2.23. The number of carboxylic acid groups (broad SMARTS) is 1. The molecule has 0 spiro atoms. The van der Waals surface area contributed by atoms with E-state index in [0.29, 0.717) is 5.82 Å². The summed E-state index contributed by atoms with van der Waals surface area (Å²) in [5.74, 6) is -0.926. The maximum atomic E-state index is 10.7. The number of tetrazole rings is 1. The largest absolute Gasteiger partial charge is 0.481 e. The monoisotopic (exact) mass is 222 g/mol. The Morgan fingerprint density at radius 3 is 3.12 bits per heavy atom. The van der Waals surface area contributed by atoms with E-state index >= 15 is 0 Å². The van der Waals surface area contributed by atoms with Crippen LogP contribution in [-0.4, -0.2) is 31.3 Å². The molecule has 0 aliphatic heterocycles. The summed E-state index contributed by atoms with van der Waals surface area (Å²) in [4.78, 5) is 10.7. The summed E-state index contributed by atoms with van der Waals surface area (Å²) in [6.45, 7) is 1.83. The fourth-order valence-corrected chi connectivity index (χ4v) is 1.26. The minimum Gasteiger partial charge on any atom is -0.481 e. The number of aromatic nitrogens is 4. The van der Waals surface area contributed by atoms with Crippen LogP contribution in [0.15, 0.2) is 23.0 Å². The molecular formula is C9H10N4O3. The van der Waals surface area contributed by atoms with Crippen molar-refractivity contribution >= 4 is 5.97 Å². The Morgan fingerprint density at radius 1 is 1.69 bits per heavy atom. The van der Waals surface area contributed by atoms with Gasteiger partial charge in [-0.1, -0.05) is 6.92 Å². The number of rotatable bonds is 4. The van der Waals surface area contributed by atoms with E-state index in [1.807, 2.05) is 0 Å². The highest BCUT2D eigenvalue weighted by atomic mass is 16.4. The van der Waals surface area contributed by atoms with Crippen molar-refractivity contribution in [3.63, 3.8) is 0 Å². The van der Waals surface area contributed by atoms with Crippen molar-refractivity contribution in [2.24, 2.45) is 5.92 Å². The maximum absolute atomic E-state index is 10.7. The van der Waals surface area contributed by atoms with Crippen LogP contribution in [0.2, 0.25) is 0 Å². The summed E-state index contributed by atoms with van der Waals surface area (Å²) in [5.41, 5.74) is 0.725. The van der Waals surface area contributed by atoms with E-state index in [1.54, 1.807) is 13.0 Å². The molecule has 0 saturated heterocycles. The van der Waals surface area contributed by atoms with Gasteiger partial charge < -0.3 is 9.52 Å². The zero-order valence-corrected chi connectivity index (χ0v) is 8.57. The summed E-state index contributed by atoms with van der Waals surface area (Å²) in [6, 6.07) is 1.72. The lowest BCUT2D eigenvalue weighted by Crippen LogP contribution is -2.18. The third kappa shape index (κ3) is 1.92. The van der Waals surface area contributed by atoms with Gasteiger partial charge in [0.05, 0.1) is 24.3 Å². The molecule has 2 heterocycles. The van der Waals surface area contributed by atoms with Crippen LogP contribution >= 0.6 is 0 Å². The molecule has 2 rings (SSSR count). The second kappa shape index (κ2) is 4.13. The Labute approximate surface area is 90.7 Å². The van der Waals surface area contributed by atoms with E-state index in [1.165, 1.54) is 17.2 Å². The summed E-state index contributed by atoms with van der Waals surface area (Å²) in [7, 11) is 0. The lowest BCUT2D eigenvalue weighted by atomic mass is 10.2. The molecule has 16 heavy (non-hydrogen) atoms. The Morgan fingerprint density at radius 2 is 2.50 bits per heavy atom. The number of furan rings is 1. The molecule has 0 saturated carbocycles. The molecule has 1 N–H and O–H groups in total. The molecule has 1 unspecified atom stereocenters. The van der Waals surface area contributed by atoms with Gasteiger partial charge in [0.1, 0.15) is 6.26 Å². The van der Waals surface area contributed by atoms with Gasteiger partial charge in [-0.25, -0.2) is 4.68 Å². The van der Waals surface area contributed by atoms with Gasteiger partial charge in [0, 0.05) is 0 Å².